The summed E-state index contributed by atoms with van der Waals surface area (Å²) in [6.45, 7) is 4.78. The molecule has 3 rings (SSSR count). The summed E-state index contributed by atoms with van der Waals surface area (Å²) in [5, 5.41) is 15.0. The van der Waals surface area contributed by atoms with E-state index in [9.17, 15) is 9.59 Å². The van der Waals surface area contributed by atoms with Gasteiger partial charge in [0.05, 0.1) is 30.4 Å². The number of nitriles is 1. The highest BCUT2D eigenvalue weighted by molar-refractivity contribution is 5.46. The van der Waals surface area contributed by atoms with Crippen LogP contribution in [0.1, 0.15) is 30.9 Å². The summed E-state index contributed by atoms with van der Waals surface area (Å²) in [6.07, 6.45) is 5.06. The number of allylic oxidation sites excluding steroid dienone is 1. The number of hydrogen-bond acceptors (Lipinski definition) is 6. The number of aryl methyl sites for hydroxylation is 1. The molecule has 1 aliphatic rings. The molecule has 1 aromatic heterocycles. The molecule has 1 fully saturated rings. The van der Waals surface area contributed by atoms with E-state index >= 15 is 0 Å². The number of nitrogens with zero attached hydrogens (tertiary/aromatic N) is 4. The molecule has 0 saturated carbocycles. The molecule has 150 valence electrons. The number of nitrogens with one attached hydrogen (secondary N) is 2. The molecule has 0 bridgehead atoms. The number of aromatic nitrogens is 3. The predicted octanol–water partition coefficient (Wildman–Crippen LogP) is 1.87. The molecule has 8 nitrogen and oxygen atoms in total. The van der Waals surface area contributed by atoms with Gasteiger partial charge in [-0.25, -0.2) is 14.2 Å². The van der Waals surface area contributed by atoms with E-state index in [1.165, 1.54) is 4.57 Å². The quantitative estimate of drug-likeness (QED) is 0.663. The Morgan fingerprint density at radius 2 is 1.90 bits per heavy atom. The van der Waals surface area contributed by atoms with Gasteiger partial charge in [0, 0.05) is 13.1 Å². The minimum absolute atomic E-state index is 0.0223. The highest BCUT2D eigenvalue weighted by Crippen LogP contribution is 2.20. The summed E-state index contributed by atoms with van der Waals surface area (Å²) in [6, 6.07) is 9.77. The second kappa shape index (κ2) is 9.06. The molecular formula is C21H24N6O2. The molecule has 0 unspecified atom stereocenters. The lowest BCUT2D eigenvalue weighted by Crippen LogP contribution is -2.43. The fourth-order valence-electron chi connectivity index (χ4n) is 2.92. The largest absolute Gasteiger partial charge is 0.354 e. The van der Waals surface area contributed by atoms with E-state index in [2.05, 4.69) is 28.6 Å². The Bertz CT molecular complexity index is 1100. The van der Waals surface area contributed by atoms with Gasteiger partial charge < -0.3 is 10.6 Å². The van der Waals surface area contributed by atoms with Gasteiger partial charge in [-0.05, 0) is 25.0 Å². The van der Waals surface area contributed by atoms with E-state index in [4.69, 9.17) is 5.26 Å². The Morgan fingerprint density at radius 3 is 2.59 bits per heavy atom. The van der Waals surface area contributed by atoms with Crippen LogP contribution in [-0.2, 0) is 13.1 Å². The molecule has 2 N–H and O–H groups in total. The van der Waals surface area contributed by atoms with E-state index in [1.54, 1.807) is 0 Å². The van der Waals surface area contributed by atoms with Crippen LogP contribution in [0.2, 0.25) is 0 Å². The van der Waals surface area contributed by atoms with Crippen LogP contribution in [-0.4, -0.2) is 20.7 Å². The van der Waals surface area contributed by atoms with Crippen LogP contribution in [0.4, 0.5) is 5.95 Å². The van der Waals surface area contributed by atoms with Crippen molar-refractivity contribution in [2.45, 2.75) is 39.8 Å². The second-order valence-corrected chi connectivity index (χ2v) is 6.78. The Hall–Kier alpha value is -3.60. The van der Waals surface area contributed by atoms with Crippen molar-refractivity contribution < 1.29 is 0 Å². The minimum Gasteiger partial charge on any atom is -0.353 e. The molecule has 2 aromatic rings. The normalized spacial score (nSPS) is 15.2. The topological polar surface area (TPSA) is 115 Å². The second-order valence-electron chi connectivity index (χ2n) is 6.78. The van der Waals surface area contributed by atoms with Crippen LogP contribution in [0.5, 0.6) is 0 Å². The lowest BCUT2D eigenvalue weighted by atomic mass is 10.1. The maximum absolute atomic E-state index is 12.9. The van der Waals surface area contributed by atoms with Gasteiger partial charge in [0.25, 0.3) is 0 Å². The maximum Gasteiger partial charge on any atom is 0.354 e. The molecule has 2 heterocycles. The van der Waals surface area contributed by atoms with Gasteiger partial charge in [-0.15, -0.1) is 0 Å². The molecule has 1 saturated heterocycles. The van der Waals surface area contributed by atoms with E-state index in [-0.39, 0.29) is 25.5 Å². The van der Waals surface area contributed by atoms with Crippen molar-refractivity contribution in [3.8, 4) is 6.07 Å². The monoisotopic (exact) mass is 392 g/mol. The van der Waals surface area contributed by atoms with Crippen LogP contribution < -0.4 is 22.0 Å². The van der Waals surface area contributed by atoms with Gasteiger partial charge in [0.1, 0.15) is 0 Å². The zero-order valence-electron chi connectivity index (χ0n) is 16.6. The van der Waals surface area contributed by atoms with Crippen LogP contribution >= 0.6 is 0 Å². The smallest absolute Gasteiger partial charge is 0.353 e. The molecule has 8 heteroatoms. The first kappa shape index (κ1) is 20.1. The third kappa shape index (κ3) is 5.02. The van der Waals surface area contributed by atoms with Crippen LogP contribution in [0, 0.1) is 18.3 Å². The molecule has 1 aromatic carbocycles. The van der Waals surface area contributed by atoms with Crippen molar-refractivity contribution in [1.82, 2.24) is 19.4 Å². The lowest BCUT2D eigenvalue weighted by molar-refractivity contribution is 0.559. The maximum atomic E-state index is 12.9. The van der Waals surface area contributed by atoms with Crippen LogP contribution in [0.3, 0.4) is 0 Å². The lowest BCUT2D eigenvalue weighted by Gasteiger charge is -2.14. The highest BCUT2D eigenvalue weighted by Gasteiger charge is 2.18. The molecule has 0 aliphatic carbocycles. The molecule has 29 heavy (non-hydrogen) atoms. The van der Waals surface area contributed by atoms with Crippen LogP contribution in [0.15, 0.2) is 57.4 Å². The van der Waals surface area contributed by atoms with E-state index in [1.807, 2.05) is 43.3 Å². The molecule has 1 aliphatic heterocycles. The van der Waals surface area contributed by atoms with Crippen molar-refractivity contribution >= 4 is 5.95 Å². The number of benzene rings is 1. The first-order valence-electron chi connectivity index (χ1n) is 9.59. The molecular weight excluding hydrogens is 368 g/mol. The van der Waals surface area contributed by atoms with E-state index in [0.717, 1.165) is 33.5 Å². The predicted molar refractivity (Wildman–Crippen MR) is 111 cm³/mol. The summed E-state index contributed by atoms with van der Waals surface area (Å²) >= 11 is 0. The first-order valence-corrected chi connectivity index (χ1v) is 9.59. The molecule has 0 radical (unpaired) electrons. The zero-order valence-corrected chi connectivity index (χ0v) is 16.6. The Kier molecular flexibility index (Phi) is 6.29. The number of rotatable bonds is 8. The molecule has 0 spiro atoms. The van der Waals surface area contributed by atoms with Crippen molar-refractivity contribution in [2.75, 3.05) is 11.9 Å². The first-order chi connectivity index (χ1) is 14.0. The van der Waals surface area contributed by atoms with Crippen molar-refractivity contribution in [3.63, 3.8) is 0 Å². The average molecular weight is 392 g/mol. The van der Waals surface area contributed by atoms with Gasteiger partial charge in [-0.3, -0.25) is 4.57 Å². The Balaban J connectivity index is 1.90. The van der Waals surface area contributed by atoms with Crippen molar-refractivity contribution in [2.24, 2.45) is 0 Å². The van der Waals surface area contributed by atoms with Gasteiger partial charge in [-0.2, -0.15) is 10.2 Å². The van der Waals surface area contributed by atoms with Crippen molar-refractivity contribution in [3.05, 3.63) is 79.9 Å². The standard InChI is InChI=1S/C21H24N6O2/c1-3-5-17-18(24-17)10-12-23-19-25-20(28)26(13-4-11-22)21(29)27(19)14-16-8-6-15(2)7-9-16/h5-10,24H,3-4,12-14H2,1-2H3,(H,23,25,28)/b17-5+,18-10+. The summed E-state index contributed by atoms with van der Waals surface area (Å²) in [5.74, 6) is 0.215. The van der Waals surface area contributed by atoms with Gasteiger partial charge in [0.15, 0.2) is 0 Å². The third-order valence-corrected chi connectivity index (χ3v) is 4.53. The Labute approximate surface area is 168 Å². The highest BCUT2D eigenvalue weighted by atomic mass is 16.2. The van der Waals surface area contributed by atoms with E-state index in [0.29, 0.717) is 6.54 Å². The van der Waals surface area contributed by atoms with Gasteiger partial charge in [0.2, 0.25) is 5.95 Å². The number of anilines is 1. The molecule has 0 amide bonds. The summed E-state index contributed by atoms with van der Waals surface area (Å²) in [5.41, 5.74) is 3.05. The minimum atomic E-state index is -0.656. The van der Waals surface area contributed by atoms with Gasteiger partial charge >= 0.3 is 11.4 Å². The summed E-state index contributed by atoms with van der Waals surface area (Å²) in [7, 11) is 0. The third-order valence-electron chi connectivity index (χ3n) is 4.53. The SMILES string of the molecule is CC/C=C1/N/C1=C/CNc1nc(=O)n(CCC#N)c(=O)n1Cc1ccc(C)cc1. The zero-order chi connectivity index (χ0) is 20.8. The Morgan fingerprint density at radius 1 is 1.17 bits per heavy atom. The van der Waals surface area contributed by atoms with E-state index < -0.39 is 11.4 Å². The fraction of sp³-hybridized carbons (Fsp3) is 0.333. The average Bonchev–Trinajstić information content (AvgIpc) is 3.44. The van der Waals surface area contributed by atoms with Crippen LogP contribution in [0.25, 0.3) is 0 Å². The molecule has 0 atom stereocenters. The van der Waals surface area contributed by atoms with Gasteiger partial charge in [-0.1, -0.05) is 42.8 Å². The summed E-state index contributed by atoms with van der Waals surface area (Å²) in [4.78, 5) is 29.3. The fourth-order valence-corrected chi connectivity index (χ4v) is 2.92. The number of hydrogen-bond donors (Lipinski definition) is 2. The summed E-state index contributed by atoms with van der Waals surface area (Å²) < 4.78 is 2.44. The van der Waals surface area contributed by atoms with Crippen molar-refractivity contribution in [1.29, 1.82) is 5.26 Å².